The number of fused-ring (bicyclic) bond motifs is 2. The molecular weight excluding hydrogens is 648 g/mol. The van der Waals surface area contributed by atoms with Gasteiger partial charge in [-0.15, -0.1) is 22.7 Å². The summed E-state index contributed by atoms with van der Waals surface area (Å²) in [6.45, 7) is 0. The first-order valence-electron chi connectivity index (χ1n) is 8.38. The van der Waals surface area contributed by atoms with Crippen molar-refractivity contribution in [1.82, 2.24) is 0 Å². The zero-order valence-corrected chi connectivity index (χ0v) is 22.1. The van der Waals surface area contributed by atoms with Gasteiger partial charge in [0.15, 0.2) is 0 Å². The Hall–Kier alpha value is -0.500. The molecule has 0 spiro atoms. The van der Waals surface area contributed by atoms with Crippen molar-refractivity contribution in [2.75, 3.05) is 0 Å². The highest BCUT2D eigenvalue weighted by atomic mass is 79.9. The van der Waals surface area contributed by atoms with Gasteiger partial charge in [0, 0.05) is 49.2 Å². The number of benzene rings is 3. The van der Waals surface area contributed by atoms with Gasteiger partial charge in [0.25, 0.3) is 0 Å². The second-order valence-electron chi connectivity index (χ2n) is 6.29. The number of thiophene rings is 2. The van der Waals surface area contributed by atoms with E-state index in [4.69, 9.17) is 0 Å². The highest BCUT2D eigenvalue weighted by Gasteiger charge is 2.18. The molecule has 0 atom stereocenters. The predicted octanol–water partition coefficient (Wildman–Crippen LogP) is 10.5. The fourth-order valence-corrected chi connectivity index (χ4v) is 8.63. The first-order valence-corrected chi connectivity index (χ1v) is 13.2. The van der Waals surface area contributed by atoms with Crippen LogP contribution in [0.25, 0.3) is 41.1 Å². The van der Waals surface area contributed by atoms with Crippen molar-refractivity contribution in [1.29, 1.82) is 0 Å². The largest absolute Gasteiger partial charge is 0.134 e. The van der Waals surface area contributed by atoms with E-state index >= 15 is 0 Å². The number of halogens is 4. The molecule has 0 fully saturated rings. The summed E-state index contributed by atoms with van der Waals surface area (Å²) in [5.41, 5.74) is 2.43. The Morgan fingerprint density at radius 2 is 0.929 bits per heavy atom. The van der Waals surface area contributed by atoms with Gasteiger partial charge < -0.3 is 0 Å². The lowest BCUT2D eigenvalue weighted by Crippen LogP contribution is -1.75. The van der Waals surface area contributed by atoms with Crippen LogP contribution in [-0.4, -0.2) is 0 Å². The molecule has 0 aliphatic carbocycles. The summed E-state index contributed by atoms with van der Waals surface area (Å²) in [5.74, 6) is 0. The molecule has 0 N–H and O–H groups in total. The monoisotopic (exact) mass is 654 g/mol. The summed E-state index contributed by atoms with van der Waals surface area (Å²) in [6.07, 6.45) is 0. The zero-order chi connectivity index (χ0) is 19.4. The molecule has 3 aromatic carbocycles. The summed E-state index contributed by atoms with van der Waals surface area (Å²) < 4.78 is 7.11. The zero-order valence-electron chi connectivity index (χ0n) is 14.1. The molecule has 0 radical (unpaired) electrons. The summed E-state index contributed by atoms with van der Waals surface area (Å²) >= 11 is 18.8. The van der Waals surface area contributed by atoms with E-state index in [-0.39, 0.29) is 0 Å². The van der Waals surface area contributed by atoms with Crippen molar-refractivity contribution in [3.8, 4) is 20.9 Å². The molecule has 0 aliphatic heterocycles. The van der Waals surface area contributed by atoms with Gasteiger partial charge >= 0.3 is 0 Å². The molecule has 0 aliphatic rings. The minimum absolute atomic E-state index is 1.11. The van der Waals surface area contributed by atoms with Crippen molar-refractivity contribution in [2.45, 2.75) is 0 Å². The Balaban J connectivity index is 1.75. The average Bonchev–Trinajstić information content (AvgIpc) is 3.18. The fraction of sp³-hybridized carbons (Fsp3) is 0. The van der Waals surface area contributed by atoms with Gasteiger partial charge in [-0.1, -0.05) is 68.3 Å². The van der Waals surface area contributed by atoms with Gasteiger partial charge in [0.2, 0.25) is 0 Å². The molecule has 0 saturated heterocycles. The molecule has 28 heavy (non-hydrogen) atoms. The topological polar surface area (TPSA) is 0 Å². The molecule has 138 valence electrons. The van der Waals surface area contributed by atoms with Crippen LogP contribution in [0.1, 0.15) is 0 Å². The quantitative estimate of drug-likeness (QED) is 0.177. The van der Waals surface area contributed by atoms with Crippen LogP contribution in [0.5, 0.6) is 0 Å². The Morgan fingerprint density at radius 1 is 0.536 bits per heavy atom. The van der Waals surface area contributed by atoms with Gasteiger partial charge in [0.05, 0.1) is 9.75 Å². The van der Waals surface area contributed by atoms with Crippen LogP contribution in [0.4, 0.5) is 0 Å². The molecule has 0 saturated carbocycles. The maximum Gasteiger partial charge on any atom is 0.0508 e. The molecule has 6 heteroatoms. The molecule has 0 amide bonds. The van der Waals surface area contributed by atoms with Crippen LogP contribution in [0.3, 0.4) is 0 Å². The van der Waals surface area contributed by atoms with Crippen LogP contribution < -0.4 is 0 Å². The lowest BCUT2D eigenvalue weighted by atomic mass is 10.1. The van der Waals surface area contributed by atoms with Gasteiger partial charge in [-0.3, -0.25) is 0 Å². The third-order valence-electron chi connectivity index (χ3n) is 4.61. The Morgan fingerprint density at radius 3 is 1.32 bits per heavy atom. The van der Waals surface area contributed by atoms with E-state index in [2.05, 4.69) is 112 Å². The molecule has 0 bridgehead atoms. The first kappa shape index (κ1) is 19.5. The molecular formula is C22H10Br4S2. The molecule has 0 unspecified atom stereocenters. The third-order valence-corrected chi connectivity index (χ3v) is 10.5. The van der Waals surface area contributed by atoms with Crippen molar-refractivity contribution < 1.29 is 0 Å². The Bertz CT molecular complexity index is 1260. The van der Waals surface area contributed by atoms with E-state index in [1.807, 2.05) is 34.8 Å². The van der Waals surface area contributed by atoms with E-state index in [0.29, 0.717) is 0 Å². The molecule has 0 nitrogen and oxygen atoms in total. The van der Waals surface area contributed by atoms with Crippen LogP contribution in [0.15, 0.2) is 78.6 Å². The standard InChI is InChI=1S/C22H10Br4S2/c23-15-7-3-1-5-11(15)21-19(25)13-9-18-14(10-17(13)27-21)20(26)22(28-18)12-6-2-4-8-16(12)24/h1-10H. The Labute approximate surface area is 204 Å². The fourth-order valence-electron chi connectivity index (χ4n) is 3.26. The summed E-state index contributed by atoms with van der Waals surface area (Å²) in [6, 6.07) is 21.4. The van der Waals surface area contributed by atoms with E-state index in [1.165, 1.54) is 41.1 Å². The average molecular weight is 658 g/mol. The summed E-state index contributed by atoms with van der Waals surface area (Å²) in [7, 11) is 0. The molecule has 2 heterocycles. The maximum absolute atomic E-state index is 3.87. The van der Waals surface area contributed by atoms with Crippen LogP contribution in [-0.2, 0) is 0 Å². The predicted molar refractivity (Wildman–Crippen MR) is 139 cm³/mol. The van der Waals surface area contributed by atoms with Crippen LogP contribution >= 0.6 is 86.4 Å². The van der Waals surface area contributed by atoms with Gasteiger partial charge in [-0.2, -0.15) is 0 Å². The highest BCUT2D eigenvalue weighted by Crippen LogP contribution is 2.50. The number of rotatable bonds is 2. The van der Waals surface area contributed by atoms with Crippen molar-refractivity contribution >= 4 is 107 Å². The van der Waals surface area contributed by atoms with Gasteiger partial charge in [0.1, 0.15) is 0 Å². The number of hydrogen-bond acceptors (Lipinski definition) is 2. The Kier molecular flexibility index (Phi) is 5.31. The normalized spacial score (nSPS) is 11.6. The second kappa shape index (κ2) is 7.64. The van der Waals surface area contributed by atoms with Crippen LogP contribution in [0, 0.1) is 0 Å². The molecule has 5 rings (SSSR count). The maximum atomic E-state index is 3.87. The lowest BCUT2D eigenvalue weighted by Gasteiger charge is -2.01. The first-order chi connectivity index (χ1) is 13.5. The third kappa shape index (κ3) is 3.17. The minimum atomic E-state index is 1.11. The van der Waals surface area contributed by atoms with E-state index < -0.39 is 0 Å². The SMILES string of the molecule is Brc1ccccc1-c1sc2cc3c(Br)c(-c4ccccc4Br)sc3cc2c1Br. The summed E-state index contributed by atoms with van der Waals surface area (Å²) in [5, 5.41) is 2.52. The van der Waals surface area contributed by atoms with Crippen molar-refractivity contribution in [3.63, 3.8) is 0 Å². The lowest BCUT2D eigenvalue weighted by molar-refractivity contribution is 1.64. The van der Waals surface area contributed by atoms with E-state index in [9.17, 15) is 0 Å². The minimum Gasteiger partial charge on any atom is -0.134 e. The molecule has 2 aromatic heterocycles. The van der Waals surface area contributed by atoms with Crippen LogP contribution in [0.2, 0.25) is 0 Å². The second-order valence-corrected chi connectivity index (χ2v) is 11.7. The van der Waals surface area contributed by atoms with E-state index in [0.717, 1.165) is 17.9 Å². The van der Waals surface area contributed by atoms with Crippen molar-refractivity contribution in [2.24, 2.45) is 0 Å². The summed E-state index contributed by atoms with van der Waals surface area (Å²) in [4.78, 5) is 2.50. The van der Waals surface area contributed by atoms with Crippen molar-refractivity contribution in [3.05, 3.63) is 78.6 Å². The number of hydrogen-bond donors (Lipinski definition) is 0. The highest BCUT2D eigenvalue weighted by molar-refractivity contribution is 9.11. The van der Waals surface area contributed by atoms with Gasteiger partial charge in [-0.25, -0.2) is 0 Å². The van der Waals surface area contributed by atoms with Gasteiger partial charge in [-0.05, 0) is 56.1 Å². The molecule has 5 aromatic rings. The van der Waals surface area contributed by atoms with E-state index in [1.54, 1.807) is 0 Å². The smallest absolute Gasteiger partial charge is 0.0508 e.